The topological polar surface area (TPSA) is 136 Å². The van der Waals surface area contributed by atoms with Crippen LogP contribution < -0.4 is 5.32 Å². The van der Waals surface area contributed by atoms with Gasteiger partial charge in [-0.05, 0) is 30.4 Å². The van der Waals surface area contributed by atoms with E-state index in [-0.39, 0.29) is 0 Å². The molecule has 1 rings (SSSR count). The number of ether oxygens (including phenoxy) is 1. The predicted octanol–water partition coefficient (Wildman–Crippen LogP) is 0.576. The van der Waals surface area contributed by atoms with Gasteiger partial charge in [0.15, 0.2) is 5.85 Å². The molecule has 0 aromatic heterocycles. The summed E-state index contributed by atoms with van der Waals surface area (Å²) in [5.74, 6) is -0.233. The van der Waals surface area contributed by atoms with Crippen molar-refractivity contribution in [1.29, 1.82) is 0 Å². The van der Waals surface area contributed by atoms with E-state index in [2.05, 4.69) is 24.9 Å². The number of hydrogen-bond donors (Lipinski definition) is 6. The molecule has 5 N–H and O–H groups in total. The summed E-state index contributed by atoms with van der Waals surface area (Å²) in [4.78, 5) is 36.1. The molecule has 1 aliphatic heterocycles. The van der Waals surface area contributed by atoms with Crippen LogP contribution in [-0.2, 0) is 13.9 Å². The fourth-order valence-electron chi connectivity index (χ4n) is 2.23. The van der Waals surface area contributed by atoms with Gasteiger partial charge in [-0.15, -0.1) is 0 Å². The Kier molecular flexibility index (Phi) is 7.38. The van der Waals surface area contributed by atoms with Crippen LogP contribution in [0.1, 0.15) is 19.8 Å². The third kappa shape index (κ3) is 7.12. The molecule has 1 fully saturated rings. The Bertz CT molecular complexity index is 418. The maximum Gasteiger partial charge on any atom is 0.354 e. The number of piperidine rings is 1. The molecule has 0 amide bonds. The quantitative estimate of drug-likeness (QED) is 0.285. The molecule has 0 aromatic carbocycles. The van der Waals surface area contributed by atoms with Gasteiger partial charge < -0.3 is 24.3 Å². The Morgan fingerprint density at radius 2 is 1.90 bits per heavy atom. The second kappa shape index (κ2) is 7.90. The minimum atomic E-state index is -4.75. The van der Waals surface area contributed by atoms with Gasteiger partial charge in [-0.3, -0.25) is 14.4 Å². The fourth-order valence-corrected chi connectivity index (χ4v) is 4.81. The summed E-state index contributed by atoms with van der Waals surface area (Å²) in [6.45, 7) is 2.70. The second-order valence-corrected chi connectivity index (χ2v) is 9.24. The molecule has 0 spiro atoms. The second-order valence-electron chi connectivity index (χ2n) is 5.42. The maximum absolute atomic E-state index is 11.3. The summed E-state index contributed by atoms with van der Waals surface area (Å²) >= 11 is 4.24. The Morgan fingerprint density at radius 3 is 2.29 bits per heavy atom. The summed E-state index contributed by atoms with van der Waals surface area (Å²) < 4.78 is 27.5. The van der Waals surface area contributed by atoms with E-state index in [0.717, 1.165) is 12.2 Å². The first kappa shape index (κ1) is 19.6. The van der Waals surface area contributed by atoms with Crippen LogP contribution in [0.25, 0.3) is 0 Å². The zero-order valence-electron chi connectivity index (χ0n) is 11.7. The number of thiol groups is 1. The van der Waals surface area contributed by atoms with Crippen molar-refractivity contribution in [3.05, 3.63) is 0 Å². The van der Waals surface area contributed by atoms with E-state index >= 15 is 0 Å². The van der Waals surface area contributed by atoms with Crippen LogP contribution in [0.3, 0.4) is 0 Å². The lowest BCUT2D eigenvalue weighted by Gasteiger charge is -2.34. The lowest BCUT2D eigenvalue weighted by atomic mass is 9.88. The fraction of sp³-hybridized carbons (Fsp3) is 1.00. The molecule has 1 aliphatic rings. The molecule has 8 nitrogen and oxygen atoms in total. The van der Waals surface area contributed by atoms with E-state index in [1.807, 2.05) is 0 Å². The number of nitrogens with one attached hydrogen (secondary N) is 1. The summed E-state index contributed by atoms with van der Waals surface area (Å²) in [6, 6.07) is 0. The van der Waals surface area contributed by atoms with Gasteiger partial charge in [-0.1, -0.05) is 6.92 Å². The van der Waals surface area contributed by atoms with Crippen molar-refractivity contribution in [3.8, 4) is 0 Å². The van der Waals surface area contributed by atoms with Crippen molar-refractivity contribution >= 4 is 27.8 Å². The van der Waals surface area contributed by atoms with Crippen molar-refractivity contribution in [1.82, 2.24) is 5.32 Å². The minimum absolute atomic E-state index is 0.401. The molecule has 0 aromatic rings. The van der Waals surface area contributed by atoms with Crippen LogP contribution in [0.4, 0.5) is 0 Å². The minimum Gasteiger partial charge on any atom is -0.347 e. The van der Waals surface area contributed by atoms with Crippen molar-refractivity contribution in [2.45, 2.75) is 31.8 Å². The van der Waals surface area contributed by atoms with Crippen molar-refractivity contribution in [2.75, 3.05) is 18.5 Å². The lowest BCUT2D eigenvalue weighted by molar-refractivity contribution is -0.0212. The van der Waals surface area contributed by atoms with Crippen molar-refractivity contribution in [3.63, 3.8) is 0 Å². The summed E-state index contributed by atoms with van der Waals surface area (Å²) in [5.41, 5.74) is 0. The summed E-state index contributed by atoms with van der Waals surface area (Å²) in [5, 5.41) is 3.02. The normalized spacial score (nSPS) is 27.3. The lowest BCUT2D eigenvalue weighted by Crippen LogP contribution is -2.44. The van der Waals surface area contributed by atoms with Crippen LogP contribution in [-0.4, -0.2) is 50.1 Å². The Labute approximate surface area is 129 Å². The highest BCUT2D eigenvalue weighted by molar-refractivity contribution is 7.80. The molecule has 0 radical (unpaired) electrons. The van der Waals surface area contributed by atoms with Gasteiger partial charge in [-0.25, -0.2) is 0 Å². The van der Waals surface area contributed by atoms with E-state index < -0.39 is 33.4 Å². The molecular formula is C10H23NO7P2S. The number of rotatable bonds is 7. The first-order valence-electron chi connectivity index (χ1n) is 6.62. The predicted molar refractivity (Wildman–Crippen MR) is 81.4 cm³/mol. The molecule has 1 saturated heterocycles. The molecule has 0 bridgehead atoms. The Morgan fingerprint density at radius 1 is 1.29 bits per heavy atom. The van der Waals surface area contributed by atoms with Crippen LogP contribution >= 0.6 is 27.8 Å². The first-order valence-corrected chi connectivity index (χ1v) is 10.7. The van der Waals surface area contributed by atoms with Gasteiger partial charge in [0.1, 0.15) is 6.23 Å². The maximum atomic E-state index is 11.3. The highest BCUT2D eigenvalue weighted by Gasteiger charge is 2.38. The Hall–Kier alpha value is 0.570. The standard InChI is InChI=1S/C10H23NO7P2S/c1-7(6-21)8-2-3-9(11-4-8)18-10(20(15,16)17)5-19(12,13)14/h7-11,21H,2-6H2,1H3,(H2,12,13,14)(H2,15,16,17). The van der Waals surface area contributed by atoms with Gasteiger partial charge >= 0.3 is 15.2 Å². The zero-order chi connectivity index (χ0) is 16.3. The summed E-state index contributed by atoms with van der Waals surface area (Å²) in [6.07, 6.45) is -0.271. The molecule has 4 unspecified atom stereocenters. The van der Waals surface area contributed by atoms with Gasteiger partial charge in [0.05, 0.1) is 6.16 Å². The first-order chi connectivity index (χ1) is 9.53. The molecule has 0 aliphatic carbocycles. The highest BCUT2D eigenvalue weighted by Crippen LogP contribution is 2.49. The van der Waals surface area contributed by atoms with Gasteiger partial charge in [-0.2, -0.15) is 12.6 Å². The smallest absolute Gasteiger partial charge is 0.347 e. The third-order valence-electron chi connectivity index (χ3n) is 3.59. The van der Waals surface area contributed by atoms with Crippen molar-refractivity contribution in [2.24, 2.45) is 11.8 Å². The molecular weight excluding hydrogens is 340 g/mol. The van der Waals surface area contributed by atoms with E-state index in [1.54, 1.807) is 0 Å². The van der Waals surface area contributed by atoms with E-state index in [1.165, 1.54) is 0 Å². The third-order valence-corrected chi connectivity index (χ3v) is 6.32. The van der Waals surface area contributed by atoms with E-state index in [4.69, 9.17) is 24.3 Å². The van der Waals surface area contributed by atoms with Gasteiger partial charge in [0, 0.05) is 6.54 Å². The monoisotopic (exact) mass is 363 g/mol. The average Bonchev–Trinajstić information content (AvgIpc) is 2.35. The van der Waals surface area contributed by atoms with Crippen LogP contribution in [0.15, 0.2) is 0 Å². The molecule has 21 heavy (non-hydrogen) atoms. The molecule has 1 heterocycles. The van der Waals surface area contributed by atoms with Gasteiger partial charge in [0.25, 0.3) is 0 Å². The van der Waals surface area contributed by atoms with Crippen LogP contribution in [0.2, 0.25) is 0 Å². The molecule has 4 atom stereocenters. The Balaban J connectivity index is 2.58. The average molecular weight is 363 g/mol. The largest absolute Gasteiger partial charge is 0.354 e. The van der Waals surface area contributed by atoms with E-state index in [9.17, 15) is 9.13 Å². The molecule has 0 saturated carbocycles. The SMILES string of the molecule is CC(CS)C1CCC(OC(CP(=O)(O)O)P(=O)(O)O)NC1. The molecule has 11 heteroatoms. The molecule has 126 valence electrons. The van der Waals surface area contributed by atoms with Crippen molar-refractivity contribution < 1.29 is 33.4 Å². The highest BCUT2D eigenvalue weighted by atomic mass is 32.1. The zero-order valence-corrected chi connectivity index (χ0v) is 14.4. The summed E-state index contributed by atoms with van der Waals surface area (Å²) in [7, 11) is -9.32. The van der Waals surface area contributed by atoms with E-state index in [0.29, 0.717) is 24.8 Å². The number of hydrogen-bond acceptors (Lipinski definition) is 5. The van der Waals surface area contributed by atoms with Crippen LogP contribution in [0, 0.1) is 11.8 Å². The van der Waals surface area contributed by atoms with Crippen LogP contribution in [0.5, 0.6) is 0 Å². The van der Waals surface area contributed by atoms with Gasteiger partial charge in [0.2, 0.25) is 0 Å².